The molecule has 7 nitrogen and oxygen atoms in total. The molecule has 0 radical (unpaired) electrons. The van der Waals surface area contributed by atoms with Gasteiger partial charge in [-0.3, -0.25) is 9.36 Å². The van der Waals surface area contributed by atoms with Crippen LogP contribution in [-0.2, 0) is 6.61 Å². The van der Waals surface area contributed by atoms with E-state index in [0.717, 1.165) is 5.69 Å². The number of halogens is 3. The number of imidazole rings is 1. The molecule has 0 aliphatic heterocycles. The Balaban J connectivity index is 1.43. The third kappa shape index (κ3) is 4.80. The molecular formula is C22H17F3N4O3. The second kappa shape index (κ2) is 8.58. The highest BCUT2D eigenvalue weighted by Gasteiger charge is 2.30. The summed E-state index contributed by atoms with van der Waals surface area (Å²) < 4.78 is 48.0. The first kappa shape index (κ1) is 21.2. The van der Waals surface area contributed by atoms with Gasteiger partial charge in [0.05, 0.1) is 5.56 Å². The number of pyridine rings is 1. The Kier molecular flexibility index (Phi) is 5.67. The van der Waals surface area contributed by atoms with Crippen LogP contribution >= 0.6 is 0 Å². The lowest BCUT2D eigenvalue weighted by Gasteiger charge is -2.10. The zero-order valence-corrected chi connectivity index (χ0v) is 16.8. The molecule has 0 spiro atoms. The molecule has 0 aliphatic carbocycles. The van der Waals surface area contributed by atoms with E-state index in [2.05, 4.69) is 20.0 Å². The molecule has 0 saturated carbocycles. The molecule has 164 valence electrons. The van der Waals surface area contributed by atoms with Gasteiger partial charge in [-0.1, -0.05) is 12.1 Å². The number of aromatic nitrogens is 3. The van der Waals surface area contributed by atoms with E-state index in [0.29, 0.717) is 28.0 Å². The number of alkyl halides is 3. The molecule has 4 aromatic rings. The number of fused-ring (bicyclic) bond motifs is 1. The molecule has 0 bridgehead atoms. The van der Waals surface area contributed by atoms with Gasteiger partial charge in [0.1, 0.15) is 29.9 Å². The molecule has 2 aromatic carbocycles. The highest BCUT2D eigenvalue weighted by atomic mass is 19.4. The van der Waals surface area contributed by atoms with E-state index < -0.39 is 6.36 Å². The fourth-order valence-corrected chi connectivity index (χ4v) is 3.02. The summed E-state index contributed by atoms with van der Waals surface area (Å²) in [6.07, 6.45) is -1.62. The molecule has 32 heavy (non-hydrogen) atoms. The van der Waals surface area contributed by atoms with Gasteiger partial charge < -0.3 is 14.8 Å². The Labute approximate surface area is 180 Å². The summed E-state index contributed by atoms with van der Waals surface area (Å²) in [4.78, 5) is 20.4. The van der Waals surface area contributed by atoms with E-state index in [1.54, 1.807) is 36.1 Å². The monoisotopic (exact) mass is 442 g/mol. The van der Waals surface area contributed by atoms with Crippen molar-refractivity contribution in [1.82, 2.24) is 19.9 Å². The van der Waals surface area contributed by atoms with Gasteiger partial charge in [0.15, 0.2) is 5.65 Å². The SMILES string of the molecule is CNC(=O)c1cnc2c(c1)ncn2-c1ccc(OCc2ccc(OC(F)(F)F)cc2)cc1. The van der Waals surface area contributed by atoms with Crippen molar-refractivity contribution in [1.29, 1.82) is 0 Å². The van der Waals surface area contributed by atoms with Crippen LogP contribution in [0, 0.1) is 0 Å². The summed E-state index contributed by atoms with van der Waals surface area (Å²) in [6, 6.07) is 14.3. The summed E-state index contributed by atoms with van der Waals surface area (Å²) >= 11 is 0. The van der Waals surface area contributed by atoms with Crippen molar-refractivity contribution in [2.45, 2.75) is 13.0 Å². The number of nitrogens with one attached hydrogen (secondary N) is 1. The standard InChI is InChI=1S/C22H17F3N4O3/c1-26-21(30)15-10-19-20(27-11-15)29(13-28-19)16-4-8-17(9-5-16)31-12-14-2-6-18(7-3-14)32-22(23,24)25/h2-11,13H,12H2,1H3,(H,26,30). The molecule has 0 fully saturated rings. The summed E-state index contributed by atoms with van der Waals surface area (Å²) in [5.41, 5.74) is 3.11. The Morgan fingerprint density at radius 2 is 1.72 bits per heavy atom. The lowest BCUT2D eigenvalue weighted by Crippen LogP contribution is -2.17. The minimum absolute atomic E-state index is 0.184. The van der Waals surface area contributed by atoms with Gasteiger partial charge in [-0.2, -0.15) is 0 Å². The summed E-state index contributed by atoms with van der Waals surface area (Å²) in [5.74, 6) is 0.0656. The number of carbonyl (C=O) groups is 1. The average Bonchev–Trinajstić information content (AvgIpc) is 3.20. The maximum absolute atomic E-state index is 12.2. The summed E-state index contributed by atoms with van der Waals surface area (Å²) in [5, 5.41) is 2.55. The molecule has 4 rings (SSSR count). The van der Waals surface area contributed by atoms with Crippen molar-refractivity contribution < 1.29 is 27.4 Å². The smallest absolute Gasteiger partial charge is 0.489 e. The molecule has 1 amide bonds. The van der Waals surface area contributed by atoms with Gasteiger partial charge in [-0.15, -0.1) is 13.2 Å². The zero-order chi connectivity index (χ0) is 22.7. The van der Waals surface area contributed by atoms with E-state index in [1.807, 2.05) is 12.1 Å². The van der Waals surface area contributed by atoms with Crippen molar-refractivity contribution in [3.05, 3.63) is 78.2 Å². The topological polar surface area (TPSA) is 78.3 Å². The predicted molar refractivity (Wildman–Crippen MR) is 110 cm³/mol. The highest BCUT2D eigenvalue weighted by Crippen LogP contribution is 2.24. The predicted octanol–water partition coefficient (Wildman–Crippen LogP) is 4.26. The second-order valence-electron chi connectivity index (χ2n) is 6.73. The van der Waals surface area contributed by atoms with Crippen molar-refractivity contribution in [3.8, 4) is 17.2 Å². The van der Waals surface area contributed by atoms with Gasteiger partial charge in [0.2, 0.25) is 0 Å². The average molecular weight is 442 g/mol. The van der Waals surface area contributed by atoms with Crippen molar-refractivity contribution in [2.24, 2.45) is 0 Å². The number of benzene rings is 2. The number of hydrogen-bond donors (Lipinski definition) is 1. The molecular weight excluding hydrogens is 425 g/mol. The van der Waals surface area contributed by atoms with Crippen LogP contribution in [0.15, 0.2) is 67.1 Å². The summed E-state index contributed by atoms with van der Waals surface area (Å²) in [6.45, 7) is 0.184. The Hall–Kier alpha value is -4.08. The van der Waals surface area contributed by atoms with Gasteiger partial charge in [-0.25, -0.2) is 9.97 Å². The van der Waals surface area contributed by atoms with E-state index in [-0.39, 0.29) is 18.3 Å². The number of carbonyl (C=O) groups excluding carboxylic acids is 1. The normalized spacial score (nSPS) is 11.4. The Morgan fingerprint density at radius 1 is 1.03 bits per heavy atom. The molecule has 2 heterocycles. The first-order valence-electron chi connectivity index (χ1n) is 9.45. The second-order valence-corrected chi connectivity index (χ2v) is 6.73. The van der Waals surface area contributed by atoms with Gasteiger partial charge in [-0.05, 0) is 48.0 Å². The van der Waals surface area contributed by atoms with Crippen LogP contribution in [-0.4, -0.2) is 33.9 Å². The van der Waals surface area contributed by atoms with Crippen LogP contribution in [0.3, 0.4) is 0 Å². The lowest BCUT2D eigenvalue weighted by molar-refractivity contribution is -0.274. The van der Waals surface area contributed by atoms with Crippen LogP contribution < -0.4 is 14.8 Å². The van der Waals surface area contributed by atoms with E-state index >= 15 is 0 Å². The number of hydrogen-bond acceptors (Lipinski definition) is 5. The van der Waals surface area contributed by atoms with Crippen molar-refractivity contribution >= 4 is 17.1 Å². The number of amides is 1. The van der Waals surface area contributed by atoms with E-state index in [1.165, 1.54) is 30.5 Å². The number of rotatable bonds is 6. The molecule has 10 heteroatoms. The zero-order valence-electron chi connectivity index (χ0n) is 16.8. The lowest BCUT2D eigenvalue weighted by atomic mass is 10.2. The molecule has 0 atom stereocenters. The third-order valence-electron chi connectivity index (χ3n) is 4.55. The van der Waals surface area contributed by atoms with Gasteiger partial charge in [0, 0.05) is 18.9 Å². The van der Waals surface area contributed by atoms with E-state index in [4.69, 9.17) is 4.74 Å². The Morgan fingerprint density at radius 3 is 2.38 bits per heavy atom. The minimum Gasteiger partial charge on any atom is -0.489 e. The minimum atomic E-state index is -4.72. The molecule has 0 saturated heterocycles. The molecule has 0 unspecified atom stereocenters. The fourth-order valence-electron chi connectivity index (χ4n) is 3.02. The van der Waals surface area contributed by atoms with Gasteiger partial charge >= 0.3 is 6.36 Å². The first-order valence-corrected chi connectivity index (χ1v) is 9.45. The quantitative estimate of drug-likeness (QED) is 0.483. The number of nitrogens with zero attached hydrogens (tertiary/aromatic N) is 3. The van der Waals surface area contributed by atoms with Crippen LogP contribution in [0.4, 0.5) is 13.2 Å². The summed E-state index contributed by atoms with van der Waals surface area (Å²) in [7, 11) is 1.55. The fraction of sp³-hybridized carbons (Fsp3) is 0.136. The van der Waals surface area contributed by atoms with E-state index in [9.17, 15) is 18.0 Å². The van der Waals surface area contributed by atoms with Crippen LogP contribution in [0.25, 0.3) is 16.9 Å². The maximum atomic E-state index is 12.2. The van der Waals surface area contributed by atoms with Crippen LogP contribution in [0.2, 0.25) is 0 Å². The van der Waals surface area contributed by atoms with Gasteiger partial charge in [0.25, 0.3) is 5.91 Å². The number of ether oxygens (including phenoxy) is 2. The molecule has 0 aliphatic rings. The molecule has 2 aromatic heterocycles. The maximum Gasteiger partial charge on any atom is 0.573 e. The van der Waals surface area contributed by atoms with Crippen LogP contribution in [0.5, 0.6) is 11.5 Å². The third-order valence-corrected chi connectivity index (χ3v) is 4.55. The van der Waals surface area contributed by atoms with Crippen LogP contribution in [0.1, 0.15) is 15.9 Å². The largest absolute Gasteiger partial charge is 0.573 e. The highest BCUT2D eigenvalue weighted by molar-refractivity contribution is 5.96. The van der Waals surface area contributed by atoms with Crippen molar-refractivity contribution in [2.75, 3.05) is 7.05 Å². The first-order chi connectivity index (χ1) is 15.3. The molecule has 1 N–H and O–H groups in total. The Bertz CT molecular complexity index is 1240. The van der Waals surface area contributed by atoms with Crippen molar-refractivity contribution in [3.63, 3.8) is 0 Å².